The molecule has 1 unspecified atom stereocenters. The van der Waals surface area contributed by atoms with Crippen molar-refractivity contribution in [1.82, 2.24) is 9.55 Å². The van der Waals surface area contributed by atoms with Crippen LogP contribution in [0.3, 0.4) is 0 Å². The van der Waals surface area contributed by atoms with E-state index in [2.05, 4.69) is 35.9 Å². The van der Waals surface area contributed by atoms with Crippen molar-refractivity contribution in [3.63, 3.8) is 0 Å². The summed E-state index contributed by atoms with van der Waals surface area (Å²) in [6.07, 6.45) is 1.02. The highest BCUT2D eigenvalue weighted by Gasteiger charge is 2.32. The van der Waals surface area contributed by atoms with Crippen molar-refractivity contribution < 1.29 is 9.53 Å². The molecule has 150 valence electrons. The van der Waals surface area contributed by atoms with Crippen LogP contribution in [-0.4, -0.2) is 21.9 Å². The van der Waals surface area contributed by atoms with Crippen LogP contribution in [0.25, 0.3) is 11.0 Å². The number of nitrogens with one attached hydrogen (secondary N) is 1. The number of rotatable bonds is 6. The maximum absolute atomic E-state index is 12.6. The van der Waals surface area contributed by atoms with E-state index < -0.39 is 0 Å². The number of carbonyl (C=O) groups is 1. The van der Waals surface area contributed by atoms with E-state index in [1.165, 1.54) is 0 Å². The van der Waals surface area contributed by atoms with Crippen molar-refractivity contribution in [2.24, 2.45) is 5.92 Å². The smallest absolute Gasteiger partial charge is 0.209 e. The van der Waals surface area contributed by atoms with Gasteiger partial charge >= 0.3 is 0 Å². The highest BCUT2D eigenvalue weighted by molar-refractivity contribution is 5.97. The zero-order valence-corrected chi connectivity index (χ0v) is 17.4. The van der Waals surface area contributed by atoms with Gasteiger partial charge in [0.25, 0.3) is 0 Å². The fraction of sp³-hybridized carbons (Fsp3) is 0.333. The molecule has 2 aromatic carbocycles. The molecule has 3 aromatic rings. The van der Waals surface area contributed by atoms with E-state index in [1.54, 1.807) is 6.92 Å². The molecule has 1 N–H and O–H groups in total. The minimum absolute atomic E-state index is 0.0562. The van der Waals surface area contributed by atoms with E-state index in [-0.39, 0.29) is 11.8 Å². The second-order valence-electron chi connectivity index (χ2n) is 8.02. The molecular formula is C24H27N3O2. The van der Waals surface area contributed by atoms with Gasteiger partial charge in [-0.3, -0.25) is 9.36 Å². The van der Waals surface area contributed by atoms with Crippen molar-refractivity contribution in [1.29, 1.82) is 0 Å². The number of allylic oxidation sites excluding steroid dienone is 2. The zero-order valence-electron chi connectivity index (χ0n) is 17.4. The molecule has 1 aliphatic heterocycles. The van der Waals surface area contributed by atoms with Crippen LogP contribution in [0.1, 0.15) is 45.7 Å². The van der Waals surface area contributed by atoms with Crippen LogP contribution in [0.15, 0.2) is 59.8 Å². The molecule has 29 heavy (non-hydrogen) atoms. The van der Waals surface area contributed by atoms with Gasteiger partial charge in [-0.05, 0) is 56.0 Å². The van der Waals surface area contributed by atoms with Gasteiger partial charge in [0.05, 0.1) is 23.7 Å². The summed E-state index contributed by atoms with van der Waals surface area (Å²) in [5.41, 5.74) is 4.56. The maximum Gasteiger partial charge on any atom is 0.209 e. The number of aromatic nitrogens is 2. The Morgan fingerprint density at radius 3 is 2.59 bits per heavy atom. The summed E-state index contributed by atoms with van der Waals surface area (Å²) in [5, 5.41) is 3.32. The number of benzene rings is 2. The number of fused-ring (bicyclic) bond motifs is 3. The first-order valence-electron chi connectivity index (χ1n) is 10.1. The average Bonchev–Trinajstić information content (AvgIpc) is 3.04. The third-order valence-corrected chi connectivity index (χ3v) is 5.37. The largest absolute Gasteiger partial charge is 0.494 e. The molecule has 0 saturated heterocycles. The lowest BCUT2D eigenvalue weighted by atomic mass is 9.92. The summed E-state index contributed by atoms with van der Waals surface area (Å²) in [6, 6.07) is 15.9. The lowest BCUT2D eigenvalue weighted by Gasteiger charge is -2.30. The Morgan fingerprint density at radius 2 is 1.90 bits per heavy atom. The van der Waals surface area contributed by atoms with E-state index in [1.807, 2.05) is 43.3 Å². The number of ether oxygens (including phenoxy) is 1. The molecule has 0 radical (unpaired) electrons. The van der Waals surface area contributed by atoms with Crippen LogP contribution >= 0.6 is 0 Å². The minimum atomic E-state index is -0.221. The molecule has 0 aliphatic carbocycles. The SMILES string of the molecule is CC(=O)C1=C(C)Nc2nc3ccccc3n2C1c1ccc(OCCC(C)C)cc1. The molecule has 4 rings (SSSR count). The van der Waals surface area contributed by atoms with Gasteiger partial charge in [0.2, 0.25) is 5.95 Å². The van der Waals surface area contributed by atoms with Crippen molar-refractivity contribution in [3.8, 4) is 5.75 Å². The Kier molecular flexibility index (Phi) is 5.14. The molecule has 0 fully saturated rings. The van der Waals surface area contributed by atoms with E-state index >= 15 is 0 Å². The normalized spacial score (nSPS) is 16.1. The number of imidazole rings is 1. The second kappa shape index (κ2) is 7.74. The quantitative estimate of drug-likeness (QED) is 0.618. The highest BCUT2D eigenvalue weighted by atomic mass is 16.5. The fourth-order valence-corrected chi connectivity index (χ4v) is 3.89. The van der Waals surface area contributed by atoms with Gasteiger partial charge in [0.1, 0.15) is 5.75 Å². The van der Waals surface area contributed by atoms with Gasteiger partial charge in [0.15, 0.2) is 5.78 Å². The number of Topliss-reactive ketones (excluding diaryl/α,β-unsaturated/α-hetero) is 1. The van der Waals surface area contributed by atoms with Crippen LogP contribution in [0.5, 0.6) is 5.75 Å². The number of para-hydroxylation sites is 2. The summed E-state index contributed by atoms with van der Waals surface area (Å²) < 4.78 is 7.99. The molecule has 0 spiro atoms. The summed E-state index contributed by atoms with van der Waals surface area (Å²) in [5.74, 6) is 2.28. The van der Waals surface area contributed by atoms with Gasteiger partial charge in [-0.25, -0.2) is 4.98 Å². The third kappa shape index (κ3) is 3.65. The first kappa shape index (κ1) is 19.2. The average molecular weight is 389 g/mol. The molecule has 1 atom stereocenters. The summed E-state index contributed by atoms with van der Waals surface area (Å²) in [7, 11) is 0. The van der Waals surface area contributed by atoms with E-state index in [4.69, 9.17) is 9.72 Å². The number of anilines is 1. The Bertz CT molecular complexity index is 1080. The number of carbonyl (C=O) groups excluding carboxylic acids is 1. The van der Waals surface area contributed by atoms with Crippen LogP contribution in [-0.2, 0) is 4.79 Å². The number of ketones is 1. The van der Waals surface area contributed by atoms with E-state index in [9.17, 15) is 4.79 Å². The maximum atomic E-state index is 12.6. The number of hydrogen-bond acceptors (Lipinski definition) is 4. The zero-order chi connectivity index (χ0) is 20.5. The number of hydrogen-bond donors (Lipinski definition) is 1. The van der Waals surface area contributed by atoms with Crippen molar-refractivity contribution in [3.05, 3.63) is 65.4 Å². The van der Waals surface area contributed by atoms with Gasteiger partial charge in [-0.2, -0.15) is 0 Å². The Morgan fingerprint density at radius 1 is 1.17 bits per heavy atom. The van der Waals surface area contributed by atoms with Crippen LogP contribution in [0, 0.1) is 5.92 Å². The van der Waals surface area contributed by atoms with Gasteiger partial charge in [-0.1, -0.05) is 38.1 Å². The molecule has 1 aromatic heterocycles. The summed E-state index contributed by atoms with van der Waals surface area (Å²) >= 11 is 0. The molecular weight excluding hydrogens is 362 g/mol. The number of nitrogens with zero attached hydrogens (tertiary/aromatic N) is 2. The molecule has 0 bridgehead atoms. The Hall–Kier alpha value is -3.08. The first-order chi connectivity index (χ1) is 14.0. The Balaban J connectivity index is 1.75. The predicted octanol–water partition coefficient (Wildman–Crippen LogP) is 5.34. The van der Waals surface area contributed by atoms with E-state index in [0.29, 0.717) is 12.5 Å². The molecule has 0 amide bonds. The Labute approximate surface area is 171 Å². The molecule has 2 heterocycles. The first-order valence-corrected chi connectivity index (χ1v) is 10.1. The minimum Gasteiger partial charge on any atom is -0.494 e. The topological polar surface area (TPSA) is 56.2 Å². The predicted molar refractivity (Wildman–Crippen MR) is 116 cm³/mol. The van der Waals surface area contributed by atoms with Gasteiger partial charge < -0.3 is 10.1 Å². The molecule has 0 saturated carbocycles. The molecule has 5 nitrogen and oxygen atoms in total. The van der Waals surface area contributed by atoms with Crippen molar-refractivity contribution in [2.75, 3.05) is 11.9 Å². The molecule has 1 aliphatic rings. The van der Waals surface area contributed by atoms with Crippen molar-refractivity contribution >= 4 is 22.8 Å². The van der Waals surface area contributed by atoms with Gasteiger partial charge in [-0.15, -0.1) is 0 Å². The monoisotopic (exact) mass is 389 g/mol. The standard InChI is InChI=1S/C24H27N3O2/c1-15(2)13-14-29-19-11-9-18(10-12-19)23-22(17(4)28)16(3)25-24-26-20-7-5-6-8-21(20)27(23)24/h5-12,15,23H,13-14H2,1-4H3,(H,25,26). The van der Waals surface area contributed by atoms with Crippen LogP contribution in [0.2, 0.25) is 0 Å². The van der Waals surface area contributed by atoms with E-state index in [0.717, 1.165) is 46.0 Å². The lowest BCUT2D eigenvalue weighted by Crippen LogP contribution is -2.26. The highest BCUT2D eigenvalue weighted by Crippen LogP contribution is 2.39. The van der Waals surface area contributed by atoms with Crippen molar-refractivity contribution in [2.45, 2.75) is 40.2 Å². The lowest BCUT2D eigenvalue weighted by molar-refractivity contribution is -0.114. The third-order valence-electron chi connectivity index (χ3n) is 5.37. The summed E-state index contributed by atoms with van der Waals surface area (Å²) in [4.78, 5) is 17.3. The second-order valence-corrected chi connectivity index (χ2v) is 8.02. The molecule has 5 heteroatoms. The van der Waals surface area contributed by atoms with Crippen LogP contribution < -0.4 is 10.1 Å². The summed E-state index contributed by atoms with van der Waals surface area (Å²) in [6.45, 7) is 8.65. The fourth-order valence-electron chi connectivity index (χ4n) is 3.89. The van der Waals surface area contributed by atoms with Gasteiger partial charge in [0, 0.05) is 11.3 Å². The van der Waals surface area contributed by atoms with Crippen LogP contribution in [0.4, 0.5) is 5.95 Å².